The van der Waals surface area contributed by atoms with Gasteiger partial charge in [0.15, 0.2) is 5.75 Å². The van der Waals surface area contributed by atoms with Crippen molar-refractivity contribution in [1.29, 1.82) is 0 Å². The fourth-order valence-electron chi connectivity index (χ4n) is 1.09. The van der Waals surface area contributed by atoms with E-state index in [2.05, 4.69) is 0 Å². The van der Waals surface area contributed by atoms with Crippen LogP contribution < -0.4 is 4.52 Å². The van der Waals surface area contributed by atoms with Gasteiger partial charge < -0.3 is 0 Å². The van der Waals surface area contributed by atoms with Crippen molar-refractivity contribution < 1.29 is 9.09 Å². The summed E-state index contributed by atoms with van der Waals surface area (Å²) in [7, 11) is -0.725. The summed E-state index contributed by atoms with van der Waals surface area (Å²) in [5.74, 6) is 0.714. The summed E-state index contributed by atoms with van der Waals surface area (Å²) < 4.78 is 15.2. The van der Waals surface area contributed by atoms with Gasteiger partial charge in [-0.3, -0.25) is 4.52 Å². The van der Waals surface area contributed by atoms with Gasteiger partial charge in [0.1, 0.15) is 0 Å². The molecule has 0 saturated carbocycles. The molecule has 12 heavy (non-hydrogen) atoms. The Bertz CT molecular complexity index is 308. The van der Waals surface area contributed by atoms with Gasteiger partial charge in [0.2, 0.25) is 0 Å². The monoisotopic (exact) mass is 183 g/mol. The van der Waals surface area contributed by atoms with Crippen LogP contribution in [0, 0.1) is 20.8 Å². The van der Waals surface area contributed by atoms with Crippen molar-refractivity contribution in [2.45, 2.75) is 20.8 Å². The molecule has 0 aliphatic rings. The van der Waals surface area contributed by atoms with Crippen LogP contribution in [-0.4, -0.2) is 0 Å². The third kappa shape index (κ3) is 1.64. The molecule has 0 saturated heterocycles. The van der Waals surface area contributed by atoms with Gasteiger partial charge in [-0.1, -0.05) is 6.07 Å². The van der Waals surface area contributed by atoms with Crippen molar-refractivity contribution in [3.63, 3.8) is 0 Å². The van der Waals surface area contributed by atoms with Gasteiger partial charge in [0, 0.05) is 5.56 Å². The Labute approximate surface area is 73.8 Å². The molecule has 0 bridgehead atoms. The molecule has 0 radical (unpaired) electrons. The number of rotatable bonds is 2. The normalized spacial score (nSPS) is 10.2. The Morgan fingerprint density at radius 3 is 2.42 bits per heavy atom. The van der Waals surface area contributed by atoms with Gasteiger partial charge in [-0.15, -0.1) is 0 Å². The van der Waals surface area contributed by atoms with Gasteiger partial charge in [-0.05, 0) is 42.5 Å². The Kier molecular flexibility index (Phi) is 2.83. The lowest BCUT2D eigenvalue weighted by Crippen LogP contribution is -1.88. The second kappa shape index (κ2) is 3.68. The van der Waals surface area contributed by atoms with Crippen molar-refractivity contribution in [2.24, 2.45) is 0 Å². The largest absolute Gasteiger partial charge is 0.542 e. The van der Waals surface area contributed by atoms with E-state index >= 15 is 0 Å². The maximum absolute atomic E-state index is 10.3. The molecule has 0 N–H and O–H groups in total. The molecule has 0 spiro atoms. The van der Waals surface area contributed by atoms with Crippen LogP contribution in [0.5, 0.6) is 5.75 Å². The van der Waals surface area contributed by atoms with Crippen molar-refractivity contribution in [2.75, 3.05) is 0 Å². The van der Waals surface area contributed by atoms with E-state index in [-0.39, 0.29) is 0 Å². The predicted octanol–water partition coefficient (Wildman–Crippen LogP) is 2.93. The molecule has 1 atom stereocenters. The van der Waals surface area contributed by atoms with Crippen LogP contribution >= 0.6 is 8.69 Å². The van der Waals surface area contributed by atoms with Crippen molar-refractivity contribution >= 4 is 8.69 Å². The summed E-state index contributed by atoms with van der Waals surface area (Å²) in [6, 6.07) is 3.82. The first kappa shape index (κ1) is 9.21. The molecule has 1 aromatic carbocycles. The van der Waals surface area contributed by atoms with E-state index in [0.717, 1.165) is 5.56 Å². The molecule has 1 aromatic rings. The van der Waals surface area contributed by atoms with E-state index in [0.29, 0.717) is 5.75 Å². The quantitative estimate of drug-likeness (QED) is 0.659. The van der Waals surface area contributed by atoms with E-state index < -0.39 is 8.69 Å². The fourth-order valence-corrected chi connectivity index (χ4v) is 1.40. The molecule has 2 nitrogen and oxygen atoms in total. The van der Waals surface area contributed by atoms with E-state index in [4.69, 9.17) is 4.52 Å². The van der Waals surface area contributed by atoms with Crippen LogP contribution in [-0.2, 0) is 4.57 Å². The van der Waals surface area contributed by atoms with Crippen LogP contribution in [0.2, 0.25) is 0 Å². The summed E-state index contributed by atoms with van der Waals surface area (Å²) in [5.41, 5.74) is 3.50. The molecule has 64 valence electrons. The highest BCUT2D eigenvalue weighted by molar-refractivity contribution is 7.17. The summed E-state index contributed by atoms with van der Waals surface area (Å²) in [6.07, 6.45) is 0. The summed E-state index contributed by atoms with van der Waals surface area (Å²) in [6.45, 7) is 6.05. The van der Waals surface area contributed by atoms with Crippen molar-refractivity contribution in [3.8, 4) is 5.75 Å². The lowest BCUT2D eigenvalue weighted by Gasteiger charge is -2.04. The second-order valence-corrected chi connectivity index (χ2v) is 3.19. The van der Waals surface area contributed by atoms with Crippen LogP contribution in [0.25, 0.3) is 0 Å². The van der Waals surface area contributed by atoms with Crippen molar-refractivity contribution in [3.05, 3.63) is 28.8 Å². The number of benzene rings is 1. The van der Waals surface area contributed by atoms with Gasteiger partial charge in [0.25, 0.3) is 0 Å². The maximum atomic E-state index is 10.3. The smallest absolute Gasteiger partial charge is 0.256 e. The summed E-state index contributed by atoms with van der Waals surface area (Å²) in [5, 5.41) is 0. The van der Waals surface area contributed by atoms with E-state index in [1.54, 1.807) is 0 Å². The van der Waals surface area contributed by atoms with Gasteiger partial charge in [-0.25, -0.2) is 0 Å². The molecule has 0 heterocycles. The molecule has 0 fully saturated rings. The minimum Gasteiger partial charge on any atom is -0.256 e. The molecule has 0 aromatic heterocycles. The molecule has 1 rings (SSSR count). The highest BCUT2D eigenvalue weighted by Gasteiger charge is 2.07. The third-order valence-corrected chi connectivity index (χ3v) is 2.46. The molecule has 1 unspecified atom stereocenters. The van der Waals surface area contributed by atoms with Crippen LogP contribution in [0.1, 0.15) is 16.7 Å². The Hall–Kier alpha value is -0.880. The van der Waals surface area contributed by atoms with Gasteiger partial charge >= 0.3 is 8.69 Å². The summed E-state index contributed by atoms with van der Waals surface area (Å²) in [4.78, 5) is 0. The lowest BCUT2D eigenvalue weighted by atomic mass is 10.0. The van der Waals surface area contributed by atoms with Crippen molar-refractivity contribution in [1.82, 2.24) is 0 Å². The minimum absolute atomic E-state index is 0.714. The molecule has 0 amide bonds. The Balaban J connectivity index is 3.16. The molecular formula is C9H12O2P+. The highest BCUT2D eigenvalue weighted by atomic mass is 31.1. The minimum atomic E-state index is -0.725. The van der Waals surface area contributed by atoms with Crippen LogP contribution in [0.3, 0.4) is 0 Å². The van der Waals surface area contributed by atoms with E-state index in [9.17, 15) is 4.57 Å². The average Bonchev–Trinajstić information content (AvgIpc) is 2.07. The predicted molar refractivity (Wildman–Crippen MR) is 50.3 cm³/mol. The first-order valence-electron chi connectivity index (χ1n) is 3.77. The van der Waals surface area contributed by atoms with E-state index in [1.165, 1.54) is 11.1 Å². The Morgan fingerprint density at radius 2 is 1.83 bits per heavy atom. The molecule has 0 aliphatic carbocycles. The topological polar surface area (TPSA) is 26.3 Å². The lowest BCUT2D eigenvalue weighted by molar-refractivity contribution is 0.523. The number of hydrogen-bond donors (Lipinski definition) is 0. The molecule has 0 aliphatic heterocycles. The standard InChI is InChI=1S/C9H12O2P/c1-6-4-5-9(11-12-10)8(3)7(6)2/h4-5,12H,1-3H3/q+1. The molecular weight excluding hydrogens is 171 g/mol. The number of aryl methyl sites for hydroxylation is 1. The SMILES string of the molecule is Cc1ccc(O[PH+]=O)c(C)c1C. The summed E-state index contributed by atoms with van der Waals surface area (Å²) >= 11 is 0. The van der Waals surface area contributed by atoms with Crippen LogP contribution in [0.15, 0.2) is 12.1 Å². The first-order valence-corrected chi connectivity index (χ1v) is 4.59. The zero-order valence-electron chi connectivity index (χ0n) is 7.47. The Morgan fingerprint density at radius 1 is 1.17 bits per heavy atom. The average molecular weight is 183 g/mol. The van der Waals surface area contributed by atoms with Gasteiger partial charge in [0.05, 0.1) is 0 Å². The first-order chi connectivity index (χ1) is 5.66. The zero-order valence-corrected chi connectivity index (χ0v) is 8.47. The number of hydrogen-bond acceptors (Lipinski definition) is 2. The van der Waals surface area contributed by atoms with E-state index in [1.807, 2.05) is 32.9 Å². The fraction of sp³-hybridized carbons (Fsp3) is 0.333. The highest BCUT2D eigenvalue weighted by Crippen LogP contribution is 2.25. The maximum Gasteiger partial charge on any atom is 0.542 e. The third-order valence-electron chi connectivity index (χ3n) is 2.16. The zero-order chi connectivity index (χ0) is 9.14. The van der Waals surface area contributed by atoms with Gasteiger partial charge in [-0.2, -0.15) is 0 Å². The second-order valence-electron chi connectivity index (χ2n) is 2.82. The van der Waals surface area contributed by atoms with Crippen LogP contribution in [0.4, 0.5) is 0 Å². The molecule has 3 heteroatoms.